The Balaban J connectivity index is 2.22. The number of anilines is 1. The van der Waals surface area contributed by atoms with Crippen molar-refractivity contribution >= 4 is 17.6 Å². The number of hydrogen-bond acceptors (Lipinski definition) is 5. The molecule has 0 aromatic heterocycles. The van der Waals surface area contributed by atoms with Gasteiger partial charge in [-0.15, -0.1) is 0 Å². The number of nitrogens with one attached hydrogen (secondary N) is 1. The molecule has 0 unspecified atom stereocenters. The molecule has 6 heteroatoms. The number of benzene rings is 1. The van der Waals surface area contributed by atoms with Gasteiger partial charge in [0.1, 0.15) is 16.9 Å². The highest BCUT2D eigenvalue weighted by molar-refractivity contribution is 5.99. The highest BCUT2D eigenvalue weighted by Crippen LogP contribution is 2.35. The summed E-state index contributed by atoms with van der Waals surface area (Å²) in [7, 11) is 1.32. The number of rotatable bonds is 8. The number of carbonyl (C=O) groups excluding carboxylic acids is 2. The smallest absolute Gasteiger partial charge is 0.341 e. The molecule has 1 aromatic rings. The highest BCUT2D eigenvalue weighted by Gasteiger charge is 2.42. The molecule has 0 heterocycles. The molecule has 0 aliphatic heterocycles. The van der Waals surface area contributed by atoms with Crippen molar-refractivity contribution in [3.63, 3.8) is 0 Å². The van der Waals surface area contributed by atoms with Crippen molar-refractivity contribution in [3.05, 3.63) is 23.8 Å². The van der Waals surface area contributed by atoms with Crippen LogP contribution in [0.15, 0.2) is 18.2 Å². The van der Waals surface area contributed by atoms with Crippen molar-refractivity contribution in [2.24, 2.45) is 0 Å². The van der Waals surface area contributed by atoms with Crippen LogP contribution in [-0.2, 0) is 14.3 Å². The molecule has 1 saturated carbocycles. The third kappa shape index (κ3) is 4.75. The van der Waals surface area contributed by atoms with E-state index in [0.717, 1.165) is 32.1 Å². The van der Waals surface area contributed by atoms with E-state index in [0.29, 0.717) is 18.0 Å². The second-order valence-electron chi connectivity index (χ2n) is 6.87. The minimum atomic E-state index is -0.769. The lowest BCUT2D eigenvalue weighted by Crippen LogP contribution is -2.43. The SMILES string of the molecule is CCCOC1(C(=O)Nc2ccc(OC(C)C)c(C(=O)OC)c2)CCCC1. The highest BCUT2D eigenvalue weighted by atomic mass is 16.5. The van der Waals surface area contributed by atoms with Crippen molar-refractivity contribution in [2.45, 2.75) is 64.6 Å². The summed E-state index contributed by atoms with van der Waals surface area (Å²) >= 11 is 0. The van der Waals surface area contributed by atoms with Gasteiger partial charge in [-0.25, -0.2) is 4.79 Å². The van der Waals surface area contributed by atoms with Crippen LogP contribution < -0.4 is 10.1 Å². The van der Waals surface area contributed by atoms with Crippen LogP contribution in [0.2, 0.25) is 0 Å². The summed E-state index contributed by atoms with van der Waals surface area (Å²) in [4.78, 5) is 24.9. The van der Waals surface area contributed by atoms with E-state index >= 15 is 0 Å². The standard InChI is InChI=1S/C20H29NO5/c1-5-12-25-20(10-6-7-11-20)19(23)21-15-8-9-17(26-14(2)3)16(13-15)18(22)24-4/h8-9,13-14H,5-7,10-12H2,1-4H3,(H,21,23). The van der Waals surface area contributed by atoms with Crippen LogP contribution in [0.1, 0.15) is 63.2 Å². The molecule has 144 valence electrons. The zero-order valence-corrected chi connectivity index (χ0v) is 16.1. The number of ether oxygens (including phenoxy) is 3. The summed E-state index contributed by atoms with van der Waals surface area (Å²) in [5, 5.41) is 2.91. The molecule has 26 heavy (non-hydrogen) atoms. The lowest BCUT2D eigenvalue weighted by molar-refractivity contribution is -0.140. The minimum absolute atomic E-state index is 0.0805. The fourth-order valence-electron chi connectivity index (χ4n) is 3.16. The van der Waals surface area contributed by atoms with E-state index in [9.17, 15) is 9.59 Å². The average molecular weight is 363 g/mol. The van der Waals surface area contributed by atoms with Gasteiger partial charge in [0.15, 0.2) is 0 Å². The van der Waals surface area contributed by atoms with Gasteiger partial charge in [0.05, 0.1) is 13.2 Å². The van der Waals surface area contributed by atoms with E-state index in [1.54, 1.807) is 18.2 Å². The molecule has 0 bridgehead atoms. The average Bonchev–Trinajstić information content (AvgIpc) is 3.10. The summed E-state index contributed by atoms with van der Waals surface area (Å²) in [6.45, 7) is 6.34. The Morgan fingerprint density at radius 3 is 2.50 bits per heavy atom. The maximum Gasteiger partial charge on any atom is 0.341 e. The first-order chi connectivity index (χ1) is 12.4. The topological polar surface area (TPSA) is 73.9 Å². The molecule has 0 atom stereocenters. The third-order valence-electron chi connectivity index (χ3n) is 4.41. The zero-order chi connectivity index (χ0) is 19.2. The van der Waals surface area contributed by atoms with Crippen LogP contribution in [0.5, 0.6) is 5.75 Å². The molecular formula is C20H29NO5. The van der Waals surface area contributed by atoms with E-state index in [-0.39, 0.29) is 17.6 Å². The van der Waals surface area contributed by atoms with Crippen LogP contribution in [0.25, 0.3) is 0 Å². The Morgan fingerprint density at radius 1 is 1.23 bits per heavy atom. The Labute approximate surface area is 155 Å². The Kier molecular flexibility index (Phi) is 7.03. The van der Waals surface area contributed by atoms with Gasteiger partial charge in [0, 0.05) is 12.3 Å². The van der Waals surface area contributed by atoms with Gasteiger partial charge >= 0.3 is 5.97 Å². The number of hydrogen-bond donors (Lipinski definition) is 1. The van der Waals surface area contributed by atoms with Crippen LogP contribution in [0.4, 0.5) is 5.69 Å². The van der Waals surface area contributed by atoms with E-state index in [4.69, 9.17) is 14.2 Å². The summed E-state index contributed by atoms with van der Waals surface area (Å²) in [5.41, 5.74) is 0.0426. The van der Waals surface area contributed by atoms with Crippen molar-refractivity contribution in [2.75, 3.05) is 19.0 Å². The first-order valence-electron chi connectivity index (χ1n) is 9.26. The first kappa shape index (κ1) is 20.2. The molecule has 2 rings (SSSR count). The quantitative estimate of drug-likeness (QED) is 0.708. The van der Waals surface area contributed by atoms with Crippen LogP contribution in [-0.4, -0.2) is 37.3 Å². The summed E-state index contributed by atoms with van der Waals surface area (Å²) in [5.74, 6) is -0.228. The zero-order valence-electron chi connectivity index (χ0n) is 16.1. The van der Waals surface area contributed by atoms with E-state index < -0.39 is 11.6 Å². The predicted molar refractivity (Wildman–Crippen MR) is 99.6 cm³/mol. The molecule has 1 aliphatic carbocycles. The van der Waals surface area contributed by atoms with Crippen molar-refractivity contribution in [1.82, 2.24) is 0 Å². The fraction of sp³-hybridized carbons (Fsp3) is 0.600. The van der Waals surface area contributed by atoms with Crippen LogP contribution in [0, 0.1) is 0 Å². The van der Waals surface area contributed by atoms with Crippen LogP contribution in [0.3, 0.4) is 0 Å². The molecule has 1 fully saturated rings. The molecule has 1 amide bonds. The summed E-state index contributed by atoms with van der Waals surface area (Å²) in [6, 6.07) is 4.99. The Bertz CT molecular complexity index is 635. The molecule has 0 radical (unpaired) electrons. The van der Waals surface area contributed by atoms with Crippen molar-refractivity contribution in [3.8, 4) is 5.75 Å². The van der Waals surface area contributed by atoms with Gasteiger partial charge in [0.25, 0.3) is 5.91 Å². The molecule has 0 saturated heterocycles. The van der Waals surface area contributed by atoms with Gasteiger partial charge in [-0.1, -0.05) is 6.92 Å². The lowest BCUT2D eigenvalue weighted by atomic mass is 10.0. The fourth-order valence-corrected chi connectivity index (χ4v) is 3.16. The van der Waals surface area contributed by atoms with Crippen LogP contribution >= 0.6 is 0 Å². The third-order valence-corrected chi connectivity index (χ3v) is 4.41. The summed E-state index contributed by atoms with van der Waals surface area (Å²) in [6.07, 6.45) is 4.18. The number of esters is 1. The second-order valence-corrected chi connectivity index (χ2v) is 6.87. The van der Waals surface area contributed by atoms with Gasteiger partial charge in [-0.05, 0) is 64.2 Å². The number of amides is 1. The first-order valence-corrected chi connectivity index (χ1v) is 9.26. The molecule has 1 N–H and O–H groups in total. The van der Waals surface area contributed by atoms with Crippen molar-refractivity contribution < 1.29 is 23.8 Å². The van der Waals surface area contributed by atoms with Crippen molar-refractivity contribution in [1.29, 1.82) is 0 Å². The monoisotopic (exact) mass is 363 g/mol. The molecular weight excluding hydrogens is 334 g/mol. The molecule has 1 aromatic carbocycles. The minimum Gasteiger partial charge on any atom is -0.490 e. The van der Waals surface area contributed by atoms with Gasteiger partial charge in [-0.2, -0.15) is 0 Å². The maximum absolute atomic E-state index is 12.9. The largest absolute Gasteiger partial charge is 0.490 e. The van der Waals surface area contributed by atoms with E-state index in [2.05, 4.69) is 5.32 Å². The molecule has 0 spiro atoms. The normalized spacial score (nSPS) is 15.7. The second kappa shape index (κ2) is 9.03. The lowest BCUT2D eigenvalue weighted by Gasteiger charge is -2.28. The predicted octanol–water partition coefficient (Wildman–Crippen LogP) is 3.94. The molecule has 1 aliphatic rings. The number of methoxy groups -OCH3 is 1. The van der Waals surface area contributed by atoms with Gasteiger partial charge in [0.2, 0.25) is 0 Å². The maximum atomic E-state index is 12.9. The van der Waals surface area contributed by atoms with E-state index in [1.165, 1.54) is 7.11 Å². The molecule has 6 nitrogen and oxygen atoms in total. The van der Waals surface area contributed by atoms with E-state index in [1.807, 2.05) is 20.8 Å². The summed E-state index contributed by atoms with van der Waals surface area (Å²) < 4.78 is 16.4. The Morgan fingerprint density at radius 2 is 1.92 bits per heavy atom. The Hall–Kier alpha value is -2.08. The van der Waals surface area contributed by atoms with Gasteiger partial charge in [-0.3, -0.25) is 4.79 Å². The number of carbonyl (C=O) groups is 2. The van der Waals surface area contributed by atoms with Gasteiger partial charge < -0.3 is 19.5 Å².